The zero-order chi connectivity index (χ0) is 13.0. The van der Waals surface area contributed by atoms with Crippen LogP contribution in [0.4, 0.5) is 0 Å². The zero-order valence-corrected chi connectivity index (χ0v) is 11.4. The highest BCUT2D eigenvalue weighted by Crippen LogP contribution is 2.21. The van der Waals surface area contributed by atoms with Crippen LogP contribution in [0, 0.1) is 0 Å². The molecule has 0 atom stereocenters. The Morgan fingerprint density at radius 1 is 1.50 bits per heavy atom. The first-order valence-corrected chi connectivity index (χ1v) is 7.18. The van der Waals surface area contributed by atoms with Crippen molar-refractivity contribution in [2.45, 2.75) is 45.1 Å². The Morgan fingerprint density at radius 3 is 2.78 bits per heavy atom. The molecule has 0 aromatic rings. The quantitative estimate of drug-likeness (QED) is 0.820. The van der Waals surface area contributed by atoms with Crippen LogP contribution >= 0.6 is 0 Å². The highest BCUT2D eigenvalue weighted by Gasteiger charge is 2.23. The van der Waals surface area contributed by atoms with Gasteiger partial charge in [-0.25, -0.2) is 0 Å². The minimum Gasteiger partial charge on any atom is -0.328 e. The molecular weight excluding hydrogens is 226 g/mol. The van der Waals surface area contributed by atoms with Gasteiger partial charge in [0, 0.05) is 31.4 Å². The predicted octanol–water partition coefficient (Wildman–Crippen LogP) is 1.33. The Morgan fingerprint density at radius 2 is 2.22 bits per heavy atom. The second-order valence-electron chi connectivity index (χ2n) is 5.34. The molecule has 0 aromatic carbocycles. The summed E-state index contributed by atoms with van der Waals surface area (Å²) in [4.78, 5) is 16.5. The maximum absolute atomic E-state index is 12.3. The number of hydrogen-bond donors (Lipinski definition) is 1. The highest BCUT2D eigenvalue weighted by atomic mass is 16.2. The van der Waals surface area contributed by atoms with Crippen molar-refractivity contribution in [3.05, 3.63) is 11.8 Å². The number of carbonyl (C=O) groups is 1. The monoisotopic (exact) mass is 251 g/mol. The Hall–Kier alpha value is -0.870. The van der Waals surface area contributed by atoms with Gasteiger partial charge in [-0.15, -0.1) is 0 Å². The second-order valence-corrected chi connectivity index (χ2v) is 5.34. The number of likely N-dealkylation sites (N-methyl/N-ethyl adjacent to an activating group) is 1. The van der Waals surface area contributed by atoms with E-state index in [1.807, 2.05) is 4.90 Å². The first-order chi connectivity index (χ1) is 8.70. The minimum absolute atomic E-state index is 0.251. The lowest BCUT2D eigenvalue weighted by atomic mass is 10.1. The van der Waals surface area contributed by atoms with E-state index in [4.69, 9.17) is 5.73 Å². The SMILES string of the molecule is CCN(C(=O)CN1CCC(N)CC1)C1=CCCC1. The first-order valence-electron chi connectivity index (χ1n) is 7.18. The average Bonchev–Trinajstić information content (AvgIpc) is 2.87. The van der Waals surface area contributed by atoms with Crippen LogP contribution in [-0.4, -0.2) is 47.9 Å². The molecule has 1 amide bonds. The Balaban J connectivity index is 1.85. The number of nitrogens with two attached hydrogens (primary N) is 1. The molecule has 2 N–H and O–H groups in total. The van der Waals surface area contributed by atoms with Gasteiger partial charge in [-0.2, -0.15) is 0 Å². The summed E-state index contributed by atoms with van der Waals surface area (Å²) >= 11 is 0. The molecule has 18 heavy (non-hydrogen) atoms. The smallest absolute Gasteiger partial charge is 0.240 e. The summed E-state index contributed by atoms with van der Waals surface area (Å²) in [6.07, 6.45) is 7.62. The van der Waals surface area contributed by atoms with Gasteiger partial charge in [0.15, 0.2) is 0 Å². The Kier molecular flexibility index (Phi) is 4.78. The van der Waals surface area contributed by atoms with E-state index in [0.717, 1.165) is 45.3 Å². The van der Waals surface area contributed by atoms with Gasteiger partial charge < -0.3 is 10.6 Å². The molecule has 0 unspecified atom stereocenters. The average molecular weight is 251 g/mol. The molecule has 0 aromatic heterocycles. The number of rotatable bonds is 4. The molecule has 1 aliphatic carbocycles. The van der Waals surface area contributed by atoms with Gasteiger partial charge >= 0.3 is 0 Å². The maximum atomic E-state index is 12.3. The fourth-order valence-corrected chi connectivity index (χ4v) is 2.83. The van der Waals surface area contributed by atoms with Gasteiger partial charge in [0.25, 0.3) is 0 Å². The van der Waals surface area contributed by atoms with Gasteiger partial charge in [0.2, 0.25) is 5.91 Å². The molecule has 2 aliphatic rings. The number of hydrogen-bond acceptors (Lipinski definition) is 3. The molecule has 102 valence electrons. The fraction of sp³-hybridized carbons (Fsp3) is 0.786. The van der Waals surface area contributed by atoms with Crippen LogP contribution in [0.25, 0.3) is 0 Å². The van der Waals surface area contributed by atoms with Crippen LogP contribution < -0.4 is 5.73 Å². The second kappa shape index (κ2) is 6.34. The summed E-state index contributed by atoms with van der Waals surface area (Å²) in [6.45, 7) is 5.33. The summed E-state index contributed by atoms with van der Waals surface area (Å²) in [6, 6.07) is 0.330. The number of allylic oxidation sites excluding steroid dienone is 2. The van der Waals surface area contributed by atoms with Gasteiger partial charge in [0.1, 0.15) is 0 Å². The van der Waals surface area contributed by atoms with E-state index < -0.39 is 0 Å². The summed E-state index contributed by atoms with van der Waals surface area (Å²) < 4.78 is 0. The van der Waals surface area contributed by atoms with Crippen molar-refractivity contribution in [1.29, 1.82) is 0 Å². The molecule has 1 saturated heterocycles. The molecule has 1 fully saturated rings. The van der Waals surface area contributed by atoms with Crippen molar-refractivity contribution in [3.8, 4) is 0 Å². The van der Waals surface area contributed by atoms with Crippen molar-refractivity contribution in [2.75, 3.05) is 26.2 Å². The lowest BCUT2D eigenvalue weighted by molar-refractivity contribution is -0.130. The molecular formula is C14H25N3O. The number of nitrogens with zero attached hydrogens (tertiary/aromatic N) is 2. The molecule has 0 spiro atoms. The summed E-state index contributed by atoms with van der Waals surface area (Å²) in [5.41, 5.74) is 7.11. The lowest BCUT2D eigenvalue weighted by Crippen LogP contribution is -2.45. The number of piperidine rings is 1. The van der Waals surface area contributed by atoms with Crippen LogP contribution in [-0.2, 0) is 4.79 Å². The zero-order valence-electron chi connectivity index (χ0n) is 11.4. The van der Waals surface area contributed by atoms with Gasteiger partial charge in [-0.3, -0.25) is 9.69 Å². The maximum Gasteiger partial charge on any atom is 0.240 e. The molecule has 1 heterocycles. The first kappa shape index (κ1) is 13.6. The van der Waals surface area contributed by atoms with E-state index in [2.05, 4.69) is 17.9 Å². The molecule has 0 saturated carbocycles. The van der Waals surface area contributed by atoms with Crippen molar-refractivity contribution >= 4 is 5.91 Å². The van der Waals surface area contributed by atoms with Crippen LogP contribution in [0.3, 0.4) is 0 Å². The van der Waals surface area contributed by atoms with Gasteiger partial charge in [0.05, 0.1) is 6.54 Å². The molecule has 0 bridgehead atoms. The van der Waals surface area contributed by atoms with Crippen LogP contribution in [0.5, 0.6) is 0 Å². The topological polar surface area (TPSA) is 49.6 Å². The minimum atomic E-state index is 0.251. The fourth-order valence-electron chi connectivity index (χ4n) is 2.83. The third-order valence-electron chi connectivity index (χ3n) is 3.97. The van der Waals surface area contributed by atoms with E-state index in [1.165, 1.54) is 12.1 Å². The molecule has 1 aliphatic heterocycles. The molecule has 2 rings (SSSR count). The van der Waals surface area contributed by atoms with Crippen LogP contribution in [0.1, 0.15) is 39.0 Å². The Labute approximate surface area is 110 Å². The van der Waals surface area contributed by atoms with E-state index >= 15 is 0 Å². The Bertz CT molecular complexity index is 319. The van der Waals surface area contributed by atoms with E-state index in [1.54, 1.807) is 0 Å². The van der Waals surface area contributed by atoms with Gasteiger partial charge in [-0.1, -0.05) is 6.08 Å². The van der Waals surface area contributed by atoms with Crippen molar-refractivity contribution in [2.24, 2.45) is 5.73 Å². The summed E-state index contributed by atoms with van der Waals surface area (Å²) in [5.74, 6) is 0.251. The van der Waals surface area contributed by atoms with Crippen molar-refractivity contribution in [3.63, 3.8) is 0 Å². The number of carbonyl (C=O) groups excluding carboxylic acids is 1. The van der Waals surface area contributed by atoms with Crippen molar-refractivity contribution in [1.82, 2.24) is 9.80 Å². The standard InChI is InChI=1S/C14H25N3O/c1-2-17(13-5-3-4-6-13)14(18)11-16-9-7-12(15)8-10-16/h5,12H,2-4,6-11,15H2,1H3. The molecule has 4 nitrogen and oxygen atoms in total. The van der Waals surface area contributed by atoms with Crippen molar-refractivity contribution < 1.29 is 4.79 Å². The van der Waals surface area contributed by atoms with Gasteiger partial charge in [-0.05, 0) is 39.0 Å². The third kappa shape index (κ3) is 3.33. The highest BCUT2D eigenvalue weighted by molar-refractivity contribution is 5.80. The van der Waals surface area contributed by atoms with E-state index in [9.17, 15) is 4.79 Å². The van der Waals surface area contributed by atoms with Crippen LogP contribution in [0.15, 0.2) is 11.8 Å². The molecule has 0 radical (unpaired) electrons. The van der Waals surface area contributed by atoms with Crippen LogP contribution in [0.2, 0.25) is 0 Å². The largest absolute Gasteiger partial charge is 0.328 e. The van der Waals surface area contributed by atoms with E-state index in [-0.39, 0.29) is 5.91 Å². The van der Waals surface area contributed by atoms with E-state index in [0.29, 0.717) is 12.6 Å². The predicted molar refractivity (Wildman–Crippen MR) is 73.0 cm³/mol. The number of likely N-dealkylation sites (tertiary alicyclic amines) is 1. The summed E-state index contributed by atoms with van der Waals surface area (Å²) in [7, 11) is 0. The normalized spacial score (nSPS) is 22.0. The lowest BCUT2D eigenvalue weighted by Gasteiger charge is -2.31. The summed E-state index contributed by atoms with van der Waals surface area (Å²) in [5, 5.41) is 0. The molecule has 4 heteroatoms. The third-order valence-corrected chi connectivity index (χ3v) is 3.97. The number of amides is 1.